The zero-order valence-corrected chi connectivity index (χ0v) is 10.8. The van der Waals surface area contributed by atoms with Crippen molar-refractivity contribution in [3.63, 3.8) is 0 Å². The van der Waals surface area contributed by atoms with Crippen LogP contribution in [0, 0.1) is 12.7 Å². The van der Waals surface area contributed by atoms with Crippen molar-refractivity contribution in [3.8, 4) is 0 Å². The van der Waals surface area contributed by atoms with Gasteiger partial charge >= 0.3 is 5.63 Å². The van der Waals surface area contributed by atoms with Crippen molar-refractivity contribution in [1.82, 2.24) is 0 Å². The van der Waals surface area contributed by atoms with Gasteiger partial charge in [-0.25, -0.2) is 9.18 Å². The maximum Gasteiger partial charge on any atom is 0.338 e. The van der Waals surface area contributed by atoms with Crippen molar-refractivity contribution in [2.45, 2.75) is 6.92 Å². The SMILES string of the molecule is Cc1ccc2oc(=O)cc(Nc3ccc(F)cc3)c2c1. The lowest BCUT2D eigenvalue weighted by molar-refractivity contribution is 0.561. The lowest BCUT2D eigenvalue weighted by Crippen LogP contribution is -2.01. The number of aryl methyl sites for hydroxylation is 1. The third kappa shape index (κ3) is 2.40. The van der Waals surface area contributed by atoms with Gasteiger partial charge in [0, 0.05) is 17.1 Å². The Kier molecular flexibility index (Phi) is 2.99. The quantitative estimate of drug-likeness (QED) is 0.715. The largest absolute Gasteiger partial charge is 0.423 e. The van der Waals surface area contributed by atoms with E-state index in [-0.39, 0.29) is 5.82 Å². The monoisotopic (exact) mass is 269 g/mol. The third-order valence-electron chi connectivity index (χ3n) is 3.02. The molecular weight excluding hydrogens is 257 g/mol. The van der Waals surface area contributed by atoms with Crippen LogP contribution in [0.3, 0.4) is 0 Å². The number of benzene rings is 2. The van der Waals surface area contributed by atoms with Gasteiger partial charge in [0.25, 0.3) is 0 Å². The molecule has 4 heteroatoms. The van der Waals surface area contributed by atoms with Crippen molar-refractivity contribution in [2.75, 3.05) is 5.32 Å². The number of fused-ring (bicyclic) bond motifs is 1. The summed E-state index contributed by atoms with van der Waals surface area (Å²) in [5, 5.41) is 3.93. The minimum Gasteiger partial charge on any atom is -0.423 e. The van der Waals surface area contributed by atoms with Crippen molar-refractivity contribution in [1.29, 1.82) is 0 Å². The number of anilines is 2. The predicted octanol–water partition coefficient (Wildman–Crippen LogP) is 3.98. The van der Waals surface area contributed by atoms with Gasteiger partial charge in [0.1, 0.15) is 11.4 Å². The van der Waals surface area contributed by atoms with E-state index in [1.807, 2.05) is 19.1 Å². The van der Waals surface area contributed by atoms with E-state index >= 15 is 0 Å². The lowest BCUT2D eigenvalue weighted by Gasteiger charge is -2.09. The van der Waals surface area contributed by atoms with Crippen molar-refractivity contribution in [3.05, 3.63) is 70.3 Å². The first-order valence-electron chi connectivity index (χ1n) is 6.19. The van der Waals surface area contributed by atoms with Crippen LogP contribution < -0.4 is 10.9 Å². The second kappa shape index (κ2) is 4.81. The average Bonchev–Trinajstić information content (AvgIpc) is 2.42. The van der Waals surface area contributed by atoms with E-state index in [0.29, 0.717) is 17.0 Å². The van der Waals surface area contributed by atoms with E-state index in [4.69, 9.17) is 4.42 Å². The van der Waals surface area contributed by atoms with Crippen LogP contribution in [0.1, 0.15) is 5.56 Å². The first-order valence-corrected chi connectivity index (χ1v) is 6.19. The Bertz CT molecular complexity index is 822. The van der Waals surface area contributed by atoms with Gasteiger partial charge in [-0.2, -0.15) is 0 Å². The summed E-state index contributed by atoms with van der Waals surface area (Å²) in [6.45, 7) is 1.96. The molecule has 0 amide bonds. The summed E-state index contributed by atoms with van der Waals surface area (Å²) in [5.74, 6) is -0.302. The summed E-state index contributed by atoms with van der Waals surface area (Å²) in [4.78, 5) is 11.6. The van der Waals surface area contributed by atoms with Crippen LogP contribution in [0.5, 0.6) is 0 Å². The molecule has 0 aliphatic rings. The van der Waals surface area contributed by atoms with Crippen LogP contribution in [-0.4, -0.2) is 0 Å². The molecule has 0 spiro atoms. The molecule has 3 nitrogen and oxygen atoms in total. The van der Waals surface area contributed by atoms with Gasteiger partial charge in [-0.1, -0.05) is 11.6 Å². The molecule has 0 bridgehead atoms. The molecule has 0 aliphatic heterocycles. The molecule has 1 aromatic heterocycles. The van der Waals surface area contributed by atoms with Gasteiger partial charge in [-0.3, -0.25) is 0 Å². The van der Waals surface area contributed by atoms with E-state index in [1.54, 1.807) is 18.2 Å². The van der Waals surface area contributed by atoms with E-state index in [1.165, 1.54) is 18.2 Å². The number of hydrogen-bond donors (Lipinski definition) is 1. The Morgan fingerprint density at radius 3 is 2.55 bits per heavy atom. The van der Waals surface area contributed by atoms with Crippen LogP contribution in [0.15, 0.2) is 57.7 Å². The van der Waals surface area contributed by atoms with Crippen molar-refractivity contribution in [2.24, 2.45) is 0 Å². The molecule has 3 aromatic rings. The van der Waals surface area contributed by atoms with E-state index in [0.717, 1.165) is 10.9 Å². The first kappa shape index (κ1) is 12.4. The third-order valence-corrected chi connectivity index (χ3v) is 3.02. The van der Waals surface area contributed by atoms with Gasteiger partial charge in [0.05, 0.1) is 5.69 Å². The summed E-state index contributed by atoms with van der Waals surface area (Å²) in [6.07, 6.45) is 0. The molecule has 3 rings (SSSR count). The molecule has 1 heterocycles. The molecule has 0 fully saturated rings. The number of rotatable bonds is 2. The smallest absolute Gasteiger partial charge is 0.338 e. The number of nitrogens with one attached hydrogen (secondary N) is 1. The van der Waals surface area contributed by atoms with Crippen LogP contribution in [0.25, 0.3) is 11.0 Å². The normalized spacial score (nSPS) is 10.7. The highest BCUT2D eigenvalue weighted by Gasteiger charge is 2.06. The zero-order chi connectivity index (χ0) is 14.1. The Labute approximate surface area is 114 Å². The minimum atomic E-state index is -0.425. The van der Waals surface area contributed by atoms with Gasteiger partial charge in [-0.05, 0) is 43.3 Å². The maximum absolute atomic E-state index is 12.9. The average molecular weight is 269 g/mol. The molecule has 0 radical (unpaired) electrons. The predicted molar refractivity (Wildman–Crippen MR) is 76.9 cm³/mol. The number of halogens is 1. The Hall–Kier alpha value is -2.62. The minimum absolute atomic E-state index is 0.302. The summed E-state index contributed by atoms with van der Waals surface area (Å²) in [5.41, 5.74) is 2.51. The van der Waals surface area contributed by atoms with Gasteiger partial charge in [-0.15, -0.1) is 0 Å². The first-order chi connectivity index (χ1) is 9.61. The summed E-state index contributed by atoms with van der Waals surface area (Å²) < 4.78 is 18.1. The molecule has 0 aliphatic carbocycles. The highest BCUT2D eigenvalue weighted by Crippen LogP contribution is 2.25. The van der Waals surface area contributed by atoms with Gasteiger partial charge in [0.2, 0.25) is 0 Å². The van der Waals surface area contributed by atoms with Crippen LogP contribution >= 0.6 is 0 Å². The lowest BCUT2D eigenvalue weighted by atomic mass is 10.1. The topological polar surface area (TPSA) is 42.2 Å². The second-order valence-corrected chi connectivity index (χ2v) is 4.61. The molecular formula is C16H12FNO2. The summed E-state index contributed by atoms with van der Waals surface area (Å²) >= 11 is 0. The molecule has 0 unspecified atom stereocenters. The van der Waals surface area contributed by atoms with E-state index in [9.17, 15) is 9.18 Å². The molecule has 20 heavy (non-hydrogen) atoms. The number of hydrogen-bond acceptors (Lipinski definition) is 3. The highest BCUT2D eigenvalue weighted by molar-refractivity contribution is 5.91. The van der Waals surface area contributed by atoms with Gasteiger partial charge in [0.15, 0.2) is 0 Å². The zero-order valence-electron chi connectivity index (χ0n) is 10.8. The molecule has 0 atom stereocenters. The second-order valence-electron chi connectivity index (χ2n) is 4.61. The van der Waals surface area contributed by atoms with Crippen molar-refractivity contribution >= 4 is 22.3 Å². The molecule has 2 aromatic carbocycles. The van der Waals surface area contributed by atoms with Crippen LogP contribution in [0.2, 0.25) is 0 Å². The Morgan fingerprint density at radius 2 is 1.80 bits per heavy atom. The Balaban J connectivity index is 2.12. The fraction of sp³-hybridized carbons (Fsp3) is 0.0625. The fourth-order valence-electron chi connectivity index (χ4n) is 2.07. The molecule has 1 N–H and O–H groups in total. The van der Waals surface area contributed by atoms with E-state index < -0.39 is 5.63 Å². The molecule has 0 saturated carbocycles. The maximum atomic E-state index is 12.9. The standard InChI is InChI=1S/C16H12FNO2/c1-10-2-7-15-13(8-10)14(9-16(19)20-15)18-12-5-3-11(17)4-6-12/h2-9,18H,1H3. The summed E-state index contributed by atoms with van der Waals surface area (Å²) in [6, 6.07) is 12.9. The van der Waals surface area contributed by atoms with Gasteiger partial charge < -0.3 is 9.73 Å². The molecule has 0 saturated heterocycles. The molecule has 100 valence electrons. The fourth-order valence-corrected chi connectivity index (χ4v) is 2.07. The van der Waals surface area contributed by atoms with Crippen LogP contribution in [0.4, 0.5) is 15.8 Å². The van der Waals surface area contributed by atoms with E-state index in [2.05, 4.69) is 5.32 Å². The van der Waals surface area contributed by atoms with Crippen molar-refractivity contribution < 1.29 is 8.81 Å². The van der Waals surface area contributed by atoms with Crippen LogP contribution in [-0.2, 0) is 0 Å². The summed E-state index contributed by atoms with van der Waals surface area (Å²) in [7, 11) is 0. The Morgan fingerprint density at radius 1 is 1.05 bits per heavy atom. The highest BCUT2D eigenvalue weighted by atomic mass is 19.1.